The Balaban J connectivity index is 1.66. The van der Waals surface area contributed by atoms with Gasteiger partial charge < -0.3 is 10.6 Å². The molecule has 1 saturated carbocycles. The van der Waals surface area contributed by atoms with Gasteiger partial charge >= 0.3 is 6.03 Å². The number of urea groups is 1. The van der Waals surface area contributed by atoms with Crippen molar-refractivity contribution in [3.63, 3.8) is 0 Å². The lowest BCUT2D eigenvalue weighted by molar-refractivity contribution is 0.202. The zero-order valence-corrected chi connectivity index (χ0v) is 11.9. The monoisotopic (exact) mass is 273 g/mol. The van der Waals surface area contributed by atoms with E-state index in [4.69, 9.17) is 5.73 Å². The summed E-state index contributed by atoms with van der Waals surface area (Å²) in [5, 5.41) is 0. The molecule has 0 aromatic heterocycles. The van der Waals surface area contributed by atoms with Crippen LogP contribution in [0.4, 0.5) is 16.2 Å². The number of rotatable bonds is 3. The molecule has 4 nitrogen and oxygen atoms in total. The van der Waals surface area contributed by atoms with Gasteiger partial charge in [0.1, 0.15) is 0 Å². The Morgan fingerprint density at radius 3 is 2.60 bits per heavy atom. The van der Waals surface area contributed by atoms with Gasteiger partial charge in [0, 0.05) is 19.6 Å². The van der Waals surface area contributed by atoms with Crippen molar-refractivity contribution in [2.24, 2.45) is 5.92 Å². The van der Waals surface area contributed by atoms with E-state index in [9.17, 15) is 4.79 Å². The Morgan fingerprint density at radius 2 is 1.85 bits per heavy atom. The summed E-state index contributed by atoms with van der Waals surface area (Å²) in [5.41, 5.74) is 7.51. The molecular weight excluding hydrogens is 250 g/mol. The third-order valence-corrected chi connectivity index (χ3v) is 4.53. The maximum absolute atomic E-state index is 12.5. The number of nitrogens with two attached hydrogens (primary N) is 1. The summed E-state index contributed by atoms with van der Waals surface area (Å²) >= 11 is 0. The van der Waals surface area contributed by atoms with Crippen molar-refractivity contribution >= 4 is 17.4 Å². The van der Waals surface area contributed by atoms with E-state index in [0.717, 1.165) is 25.3 Å². The van der Waals surface area contributed by atoms with Gasteiger partial charge in [0.15, 0.2) is 0 Å². The summed E-state index contributed by atoms with van der Waals surface area (Å²) in [5.74, 6) is 0.695. The largest absolute Gasteiger partial charge is 0.397 e. The molecule has 3 rings (SSSR count). The molecule has 4 heteroatoms. The van der Waals surface area contributed by atoms with Gasteiger partial charge in [0.05, 0.1) is 11.4 Å². The van der Waals surface area contributed by atoms with Crippen LogP contribution in [0.5, 0.6) is 0 Å². The van der Waals surface area contributed by atoms with E-state index in [1.54, 1.807) is 0 Å². The molecule has 1 saturated heterocycles. The van der Waals surface area contributed by atoms with E-state index < -0.39 is 0 Å². The number of anilines is 2. The topological polar surface area (TPSA) is 49.6 Å². The first-order valence-electron chi connectivity index (χ1n) is 7.66. The molecule has 1 aliphatic heterocycles. The highest BCUT2D eigenvalue weighted by Gasteiger charge is 2.32. The molecule has 0 radical (unpaired) electrons. The Hall–Kier alpha value is -1.71. The Bertz CT molecular complexity index is 482. The van der Waals surface area contributed by atoms with Crippen LogP contribution in [0.2, 0.25) is 0 Å². The average Bonchev–Trinajstić information content (AvgIpc) is 2.82. The lowest BCUT2D eigenvalue weighted by atomic mass is 9.89. The first kappa shape index (κ1) is 13.3. The lowest BCUT2D eigenvalue weighted by Crippen LogP contribution is -2.35. The number of hydrogen-bond acceptors (Lipinski definition) is 2. The second kappa shape index (κ2) is 5.73. The fourth-order valence-corrected chi connectivity index (χ4v) is 3.39. The third kappa shape index (κ3) is 2.60. The highest BCUT2D eigenvalue weighted by Crippen LogP contribution is 2.29. The molecule has 2 aliphatic rings. The number of nitrogen functional groups attached to an aromatic ring is 1. The standard InChI is InChI=1S/C16H23N3O/c17-14-8-4-5-9-15(14)19-11-10-18(16(19)20)12-13-6-2-1-3-7-13/h4-5,8-9,13H,1-3,6-7,10-12,17H2. The maximum atomic E-state index is 12.5. The van der Waals surface area contributed by atoms with Crippen molar-refractivity contribution in [3.05, 3.63) is 24.3 Å². The van der Waals surface area contributed by atoms with Crippen molar-refractivity contribution in [1.29, 1.82) is 0 Å². The van der Waals surface area contributed by atoms with Crippen LogP contribution in [0.25, 0.3) is 0 Å². The maximum Gasteiger partial charge on any atom is 0.324 e. The molecule has 108 valence electrons. The van der Waals surface area contributed by atoms with Crippen LogP contribution in [0.15, 0.2) is 24.3 Å². The van der Waals surface area contributed by atoms with Crippen molar-refractivity contribution in [2.45, 2.75) is 32.1 Å². The average molecular weight is 273 g/mol. The van der Waals surface area contributed by atoms with Gasteiger partial charge in [-0.05, 0) is 30.9 Å². The molecule has 0 unspecified atom stereocenters. The van der Waals surface area contributed by atoms with Crippen LogP contribution in [0.3, 0.4) is 0 Å². The number of hydrogen-bond donors (Lipinski definition) is 1. The second-order valence-corrected chi connectivity index (χ2v) is 5.94. The Morgan fingerprint density at radius 1 is 1.10 bits per heavy atom. The molecule has 2 N–H and O–H groups in total. The summed E-state index contributed by atoms with van der Waals surface area (Å²) < 4.78 is 0. The zero-order valence-electron chi connectivity index (χ0n) is 11.9. The van der Waals surface area contributed by atoms with E-state index in [1.807, 2.05) is 34.1 Å². The number of benzene rings is 1. The number of amides is 2. The van der Waals surface area contributed by atoms with Crippen LogP contribution in [-0.4, -0.2) is 30.6 Å². The van der Waals surface area contributed by atoms with Crippen molar-refractivity contribution in [1.82, 2.24) is 4.90 Å². The summed E-state index contributed by atoms with van der Waals surface area (Å²) in [6.07, 6.45) is 6.55. The van der Waals surface area contributed by atoms with Crippen LogP contribution in [-0.2, 0) is 0 Å². The molecule has 20 heavy (non-hydrogen) atoms. The predicted molar refractivity (Wildman–Crippen MR) is 81.7 cm³/mol. The first-order chi connectivity index (χ1) is 9.75. The second-order valence-electron chi connectivity index (χ2n) is 5.94. The first-order valence-corrected chi connectivity index (χ1v) is 7.66. The van der Waals surface area contributed by atoms with Crippen LogP contribution in [0.1, 0.15) is 32.1 Å². The molecule has 2 amide bonds. The number of nitrogens with zero attached hydrogens (tertiary/aromatic N) is 2. The van der Waals surface area contributed by atoms with Gasteiger partial charge in [0.25, 0.3) is 0 Å². The minimum Gasteiger partial charge on any atom is -0.397 e. The lowest BCUT2D eigenvalue weighted by Gasteiger charge is -2.27. The van der Waals surface area contributed by atoms with E-state index in [-0.39, 0.29) is 6.03 Å². The number of carbonyl (C=O) groups is 1. The summed E-state index contributed by atoms with van der Waals surface area (Å²) in [6, 6.07) is 7.74. The number of carbonyl (C=O) groups excluding carboxylic acids is 1. The van der Waals surface area contributed by atoms with E-state index >= 15 is 0 Å². The Labute approximate surface area is 120 Å². The van der Waals surface area contributed by atoms with Gasteiger partial charge in [-0.3, -0.25) is 4.90 Å². The quantitative estimate of drug-likeness (QED) is 0.860. The van der Waals surface area contributed by atoms with Crippen LogP contribution >= 0.6 is 0 Å². The minimum atomic E-state index is 0.119. The van der Waals surface area contributed by atoms with Crippen molar-refractivity contribution < 1.29 is 4.79 Å². The summed E-state index contributed by atoms with van der Waals surface area (Å²) in [6.45, 7) is 2.49. The smallest absolute Gasteiger partial charge is 0.324 e. The fraction of sp³-hybridized carbons (Fsp3) is 0.562. The van der Waals surface area contributed by atoms with E-state index in [1.165, 1.54) is 32.1 Å². The fourth-order valence-electron chi connectivity index (χ4n) is 3.39. The van der Waals surface area contributed by atoms with E-state index in [2.05, 4.69) is 0 Å². The Kier molecular flexibility index (Phi) is 3.81. The van der Waals surface area contributed by atoms with Crippen molar-refractivity contribution in [2.75, 3.05) is 30.3 Å². The molecule has 1 aromatic carbocycles. The molecule has 0 atom stereocenters. The molecular formula is C16H23N3O. The SMILES string of the molecule is Nc1ccccc1N1CCN(CC2CCCCC2)C1=O. The highest BCUT2D eigenvalue weighted by atomic mass is 16.2. The summed E-state index contributed by atoms with van der Waals surface area (Å²) in [7, 11) is 0. The van der Waals surface area contributed by atoms with Crippen LogP contribution in [0, 0.1) is 5.92 Å². The molecule has 1 aliphatic carbocycles. The van der Waals surface area contributed by atoms with Gasteiger partial charge in [0.2, 0.25) is 0 Å². The van der Waals surface area contributed by atoms with Gasteiger partial charge in [-0.15, -0.1) is 0 Å². The normalized spacial score (nSPS) is 20.7. The van der Waals surface area contributed by atoms with Gasteiger partial charge in [-0.2, -0.15) is 0 Å². The third-order valence-electron chi connectivity index (χ3n) is 4.53. The minimum absolute atomic E-state index is 0.119. The molecule has 2 fully saturated rings. The molecule has 1 aromatic rings. The van der Waals surface area contributed by atoms with Gasteiger partial charge in [-0.1, -0.05) is 31.4 Å². The molecule has 0 spiro atoms. The van der Waals surface area contributed by atoms with Crippen LogP contribution < -0.4 is 10.6 Å². The van der Waals surface area contributed by atoms with E-state index in [0.29, 0.717) is 11.6 Å². The predicted octanol–water partition coefficient (Wildman–Crippen LogP) is 3.09. The molecule has 1 heterocycles. The molecule has 0 bridgehead atoms. The highest BCUT2D eigenvalue weighted by molar-refractivity contribution is 5.97. The summed E-state index contributed by atoms with van der Waals surface area (Å²) in [4.78, 5) is 16.3. The number of para-hydroxylation sites is 2. The van der Waals surface area contributed by atoms with Crippen molar-refractivity contribution in [3.8, 4) is 0 Å². The van der Waals surface area contributed by atoms with Gasteiger partial charge in [-0.25, -0.2) is 4.79 Å². The zero-order chi connectivity index (χ0) is 13.9.